The number of nitrogens with zero attached hydrogens (tertiary/aromatic N) is 2. The Balaban J connectivity index is 1.67. The van der Waals surface area contributed by atoms with Crippen LogP contribution in [0.4, 0.5) is 0 Å². The Morgan fingerprint density at radius 3 is 2.30 bits per heavy atom. The van der Waals surface area contributed by atoms with E-state index in [1.807, 2.05) is 22.9 Å². The second-order valence-corrected chi connectivity index (χ2v) is 7.35. The van der Waals surface area contributed by atoms with Gasteiger partial charge in [0.15, 0.2) is 0 Å². The Morgan fingerprint density at radius 1 is 1.09 bits per heavy atom. The highest BCUT2D eigenvalue weighted by molar-refractivity contribution is 14.1. The molecule has 23 heavy (non-hydrogen) atoms. The number of rotatable bonds is 6. The summed E-state index contributed by atoms with van der Waals surface area (Å²) in [6.45, 7) is 8.16. The zero-order valence-corrected chi connectivity index (χ0v) is 16.2. The van der Waals surface area contributed by atoms with Crippen LogP contribution in [0.15, 0.2) is 0 Å². The Morgan fingerprint density at radius 2 is 1.74 bits per heavy atom. The first-order valence-corrected chi connectivity index (χ1v) is 9.83. The maximum atomic E-state index is 12.6. The Bertz CT molecular complexity index is 392. The number of halogens is 1. The van der Waals surface area contributed by atoms with E-state index in [1.165, 1.54) is 0 Å². The minimum absolute atomic E-state index is 0.0422. The van der Waals surface area contributed by atoms with Gasteiger partial charge in [-0.05, 0) is 51.2 Å². The fourth-order valence-electron chi connectivity index (χ4n) is 3.49. The van der Waals surface area contributed by atoms with Gasteiger partial charge in [-0.15, -0.1) is 0 Å². The first-order chi connectivity index (χ1) is 11.1. The second kappa shape index (κ2) is 9.78. The summed E-state index contributed by atoms with van der Waals surface area (Å²) in [7, 11) is 0. The number of hydrogen-bond donors (Lipinski definition) is 2. The first kappa shape index (κ1) is 18.9. The zero-order valence-electron chi connectivity index (χ0n) is 14.0. The number of carbonyl (C=O) groups is 2. The molecule has 0 unspecified atom stereocenters. The van der Waals surface area contributed by atoms with Crippen molar-refractivity contribution >= 4 is 34.7 Å². The molecule has 0 aromatic carbocycles. The molecule has 2 aliphatic heterocycles. The predicted octanol–water partition coefficient (Wildman–Crippen LogP) is 1.01. The first-order valence-electron chi connectivity index (χ1n) is 8.75. The van der Waals surface area contributed by atoms with E-state index < -0.39 is 0 Å². The number of carbonyl (C=O) groups excluding carboxylic acids is 2. The topological polar surface area (TPSA) is 64.7 Å². The van der Waals surface area contributed by atoms with Crippen LogP contribution in [0, 0.1) is 11.8 Å². The van der Waals surface area contributed by atoms with Gasteiger partial charge in [-0.3, -0.25) is 13.1 Å². The Kier molecular flexibility index (Phi) is 8.05. The summed E-state index contributed by atoms with van der Waals surface area (Å²) in [5, 5.41) is 2.96. The maximum absolute atomic E-state index is 12.6. The molecule has 2 heterocycles. The molecule has 2 aliphatic rings. The standard InChI is InChI=1S/C16H29IN4O2/c1-2-20-7-5-14(6-8-20)16(23)21-9-3-13(4-10-21)11-18-15(22)12-19-17/h13-14,19H,2-12H2,1H3,(H,18,22). The van der Waals surface area contributed by atoms with Crippen LogP contribution >= 0.6 is 22.9 Å². The van der Waals surface area contributed by atoms with Crippen LogP contribution in [-0.4, -0.2) is 67.4 Å². The van der Waals surface area contributed by atoms with Crippen molar-refractivity contribution in [2.24, 2.45) is 11.8 Å². The number of hydrogen-bond acceptors (Lipinski definition) is 4. The van der Waals surface area contributed by atoms with Crippen LogP contribution in [0.2, 0.25) is 0 Å². The molecule has 0 aliphatic carbocycles. The van der Waals surface area contributed by atoms with Crippen molar-refractivity contribution in [3.63, 3.8) is 0 Å². The lowest BCUT2D eigenvalue weighted by Gasteiger charge is -2.37. The smallest absolute Gasteiger partial charge is 0.234 e. The van der Waals surface area contributed by atoms with Gasteiger partial charge in [0, 0.05) is 48.4 Å². The van der Waals surface area contributed by atoms with Crippen molar-refractivity contribution in [3.05, 3.63) is 0 Å². The van der Waals surface area contributed by atoms with Gasteiger partial charge in [-0.2, -0.15) is 0 Å². The lowest BCUT2D eigenvalue weighted by Crippen LogP contribution is -2.46. The molecule has 0 aromatic rings. The van der Waals surface area contributed by atoms with E-state index in [9.17, 15) is 9.59 Å². The van der Waals surface area contributed by atoms with E-state index >= 15 is 0 Å². The SMILES string of the molecule is CCN1CCC(C(=O)N2CCC(CNC(=O)CNI)CC2)CC1. The van der Waals surface area contributed by atoms with Crippen LogP contribution in [0.25, 0.3) is 0 Å². The number of likely N-dealkylation sites (tertiary alicyclic amines) is 2. The van der Waals surface area contributed by atoms with E-state index in [1.54, 1.807) is 0 Å². The highest BCUT2D eigenvalue weighted by atomic mass is 127. The van der Waals surface area contributed by atoms with Crippen molar-refractivity contribution in [1.82, 2.24) is 18.6 Å². The second-order valence-electron chi connectivity index (χ2n) is 6.59. The van der Waals surface area contributed by atoms with E-state index in [4.69, 9.17) is 0 Å². The quantitative estimate of drug-likeness (QED) is 0.482. The lowest BCUT2D eigenvalue weighted by molar-refractivity contribution is -0.138. The molecule has 2 rings (SSSR count). The van der Waals surface area contributed by atoms with Crippen LogP contribution in [0.3, 0.4) is 0 Å². The van der Waals surface area contributed by atoms with Gasteiger partial charge in [0.1, 0.15) is 0 Å². The summed E-state index contributed by atoms with van der Waals surface area (Å²) < 4.78 is 2.82. The predicted molar refractivity (Wildman–Crippen MR) is 99.2 cm³/mol. The Hall–Kier alpha value is -0.410. The molecule has 0 aromatic heterocycles. The van der Waals surface area contributed by atoms with Gasteiger partial charge in [0.05, 0.1) is 6.54 Å². The van der Waals surface area contributed by atoms with E-state index in [-0.39, 0.29) is 11.8 Å². The van der Waals surface area contributed by atoms with Crippen LogP contribution in [0.1, 0.15) is 32.6 Å². The van der Waals surface area contributed by atoms with Crippen molar-refractivity contribution < 1.29 is 9.59 Å². The molecule has 0 bridgehead atoms. The minimum atomic E-state index is 0.0422. The van der Waals surface area contributed by atoms with Crippen molar-refractivity contribution in [3.8, 4) is 0 Å². The van der Waals surface area contributed by atoms with Crippen LogP contribution in [-0.2, 0) is 9.59 Å². The van der Waals surface area contributed by atoms with E-state index in [0.717, 1.165) is 65.0 Å². The third-order valence-electron chi connectivity index (χ3n) is 5.13. The molecule has 0 atom stereocenters. The van der Waals surface area contributed by atoms with Crippen LogP contribution in [0.5, 0.6) is 0 Å². The monoisotopic (exact) mass is 436 g/mol. The average molecular weight is 436 g/mol. The molecule has 2 fully saturated rings. The third-order valence-corrected chi connectivity index (χ3v) is 5.51. The molecular weight excluding hydrogens is 407 g/mol. The van der Waals surface area contributed by atoms with Crippen molar-refractivity contribution in [1.29, 1.82) is 0 Å². The zero-order chi connectivity index (χ0) is 16.7. The largest absolute Gasteiger partial charge is 0.355 e. The summed E-state index contributed by atoms with van der Waals surface area (Å²) in [5.74, 6) is 1.13. The summed E-state index contributed by atoms with van der Waals surface area (Å²) in [6, 6.07) is 0. The van der Waals surface area contributed by atoms with E-state index in [0.29, 0.717) is 18.4 Å². The molecule has 0 saturated carbocycles. The van der Waals surface area contributed by atoms with Gasteiger partial charge in [0.2, 0.25) is 11.8 Å². The summed E-state index contributed by atoms with van der Waals surface area (Å²) in [6.07, 6.45) is 4.01. The fourth-order valence-corrected chi connectivity index (χ4v) is 3.84. The molecular formula is C16H29IN4O2. The van der Waals surface area contributed by atoms with Gasteiger partial charge >= 0.3 is 0 Å². The molecule has 0 radical (unpaired) electrons. The van der Waals surface area contributed by atoms with Crippen molar-refractivity contribution in [2.45, 2.75) is 32.6 Å². The van der Waals surface area contributed by atoms with Gasteiger partial charge in [-0.25, -0.2) is 0 Å². The number of amides is 2. The maximum Gasteiger partial charge on any atom is 0.234 e. The fraction of sp³-hybridized carbons (Fsp3) is 0.875. The molecule has 132 valence electrons. The van der Waals surface area contributed by atoms with Gasteiger partial charge in [0.25, 0.3) is 0 Å². The lowest BCUT2D eigenvalue weighted by atomic mass is 9.92. The van der Waals surface area contributed by atoms with Crippen molar-refractivity contribution in [2.75, 3.05) is 45.8 Å². The molecule has 2 N–H and O–H groups in total. The highest BCUT2D eigenvalue weighted by Crippen LogP contribution is 2.23. The number of piperidine rings is 2. The molecule has 7 heteroatoms. The Labute approximate surface area is 153 Å². The molecule has 0 spiro atoms. The highest BCUT2D eigenvalue weighted by Gasteiger charge is 2.30. The van der Waals surface area contributed by atoms with Gasteiger partial charge < -0.3 is 15.1 Å². The molecule has 6 nitrogen and oxygen atoms in total. The average Bonchev–Trinajstić information content (AvgIpc) is 2.60. The third kappa shape index (κ3) is 5.86. The van der Waals surface area contributed by atoms with Crippen LogP contribution < -0.4 is 8.85 Å². The normalized spacial score (nSPS) is 21.4. The summed E-state index contributed by atoms with van der Waals surface area (Å²) in [5.41, 5.74) is 0. The minimum Gasteiger partial charge on any atom is -0.355 e. The number of nitrogens with one attached hydrogen (secondary N) is 2. The summed E-state index contributed by atoms with van der Waals surface area (Å²) in [4.78, 5) is 28.6. The molecule has 2 saturated heterocycles. The molecule has 2 amide bonds. The van der Waals surface area contributed by atoms with Gasteiger partial charge in [-0.1, -0.05) is 6.92 Å². The summed E-state index contributed by atoms with van der Waals surface area (Å²) >= 11 is 1.97. The van der Waals surface area contributed by atoms with E-state index in [2.05, 4.69) is 25.6 Å².